The van der Waals surface area contributed by atoms with Crippen molar-refractivity contribution in [3.63, 3.8) is 0 Å². The van der Waals surface area contributed by atoms with Crippen LogP contribution < -0.4 is 9.47 Å². The van der Waals surface area contributed by atoms with Gasteiger partial charge < -0.3 is 23.5 Å². The van der Waals surface area contributed by atoms with Crippen LogP contribution in [0.1, 0.15) is 32.1 Å². The number of amides is 1. The van der Waals surface area contributed by atoms with Crippen LogP contribution in [-0.2, 0) is 11.3 Å². The van der Waals surface area contributed by atoms with Crippen molar-refractivity contribution < 1.29 is 18.8 Å². The van der Waals surface area contributed by atoms with E-state index in [1.165, 1.54) is 19.3 Å². The number of hydrogen-bond acceptors (Lipinski definition) is 6. The SMILES string of the molecule is COc1ccc(-c2noc(-c3cccn3CC(=O)N(C)C3CCCCC3)n2)cc1OC. The minimum absolute atomic E-state index is 0.0870. The molecule has 0 radical (unpaired) electrons. The lowest BCUT2D eigenvalue weighted by Gasteiger charge is -2.31. The van der Waals surface area contributed by atoms with Gasteiger partial charge in [-0.05, 0) is 43.2 Å². The van der Waals surface area contributed by atoms with Crippen LogP contribution in [0.15, 0.2) is 41.1 Å². The maximum Gasteiger partial charge on any atom is 0.274 e. The van der Waals surface area contributed by atoms with Gasteiger partial charge in [0.05, 0.1) is 14.2 Å². The molecule has 31 heavy (non-hydrogen) atoms. The fourth-order valence-corrected chi connectivity index (χ4v) is 4.10. The van der Waals surface area contributed by atoms with E-state index >= 15 is 0 Å². The van der Waals surface area contributed by atoms with Gasteiger partial charge in [-0.15, -0.1) is 0 Å². The van der Waals surface area contributed by atoms with Gasteiger partial charge in [0.1, 0.15) is 12.2 Å². The number of methoxy groups -OCH3 is 2. The molecule has 164 valence electrons. The smallest absolute Gasteiger partial charge is 0.274 e. The van der Waals surface area contributed by atoms with Crippen molar-refractivity contribution >= 4 is 5.91 Å². The first-order valence-corrected chi connectivity index (χ1v) is 10.6. The molecule has 0 atom stereocenters. The zero-order valence-corrected chi connectivity index (χ0v) is 18.2. The van der Waals surface area contributed by atoms with E-state index in [4.69, 9.17) is 14.0 Å². The molecule has 1 fully saturated rings. The summed E-state index contributed by atoms with van der Waals surface area (Å²) in [6, 6.07) is 9.53. The van der Waals surface area contributed by atoms with Crippen LogP contribution in [0, 0.1) is 0 Å². The van der Waals surface area contributed by atoms with E-state index in [9.17, 15) is 4.79 Å². The average Bonchev–Trinajstić information content (AvgIpc) is 3.48. The summed E-state index contributed by atoms with van der Waals surface area (Å²) < 4.78 is 18.0. The molecule has 1 aromatic carbocycles. The Bertz CT molecular complexity index is 1040. The second kappa shape index (κ2) is 9.24. The Morgan fingerprint density at radius 2 is 1.94 bits per heavy atom. The third kappa shape index (κ3) is 4.42. The quantitative estimate of drug-likeness (QED) is 0.570. The van der Waals surface area contributed by atoms with E-state index in [1.54, 1.807) is 26.4 Å². The molecule has 0 aliphatic heterocycles. The van der Waals surface area contributed by atoms with E-state index in [0.717, 1.165) is 18.4 Å². The Hall–Kier alpha value is -3.29. The summed E-state index contributed by atoms with van der Waals surface area (Å²) in [6.07, 6.45) is 7.68. The van der Waals surface area contributed by atoms with Crippen LogP contribution in [-0.4, -0.2) is 52.8 Å². The Labute approximate surface area is 181 Å². The molecule has 0 bridgehead atoms. The summed E-state index contributed by atoms with van der Waals surface area (Å²) in [6.45, 7) is 0.239. The minimum Gasteiger partial charge on any atom is -0.493 e. The van der Waals surface area contributed by atoms with Crippen LogP contribution in [0.3, 0.4) is 0 Å². The Kier molecular flexibility index (Phi) is 6.25. The van der Waals surface area contributed by atoms with Crippen molar-refractivity contribution in [2.45, 2.75) is 44.7 Å². The molecule has 2 aromatic heterocycles. The summed E-state index contributed by atoms with van der Waals surface area (Å²) in [7, 11) is 5.08. The molecule has 1 saturated carbocycles. The number of ether oxygens (including phenoxy) is 2. The van der Waals surface area contributed by atoms with E-state index in [-0.39, 0.29) is 12.5 Å². The van der Waals surface area contributed by atoms with Crippen molar-refractivity contribution in [2.24, 2.45) is 0 Å². The van der Waals surface area contributed by atoms with E-state index in [0.29, 0.717) is 34.9 Å². The van der Waals surface area contributed by atoms with Gasteiger partial charge in [-0.3, -0.25) is 4.79 Å². The van der Waals surface area contributed by atoms with Crippen molar-refractivity contribution in [1.29, 1.82) is 0 Å². The molecule has 2 heterocycles. The predicted octanol–water partition coefficient (Wildman–Crippen LogP) is 4.01. The molecule has 0 saturated heterocycles. The van der Waals surface area contributed by atoms with Gasteiger partial charge in [0, 0.05) is 24.8 Å². The molecule has 0 spiro atoms. The van der Waals surface area contributed by atoms with E-state index in [1.807, 2.05) is 40.9 Å². The monoisotopic (exact) mass is 424 g/mol. The zero-order valence-electron chi connectivity index (χ0n) is 18.2. The van der Waals surface area contributed by atoms with Crippen molar-refractivity contribution in [1.82, 2.24) is 19.6 Å². The van der Waals surface area contributed by atoms with Crippen LogP contribution in [0.25, 0.3) is 23.0 Å². The molecule has 0 N–H and O–H groups in total. The molecular formula is C23H28N4O4. The third-order valence-corrected chi connectivity index (χ3v) is 5.94. The van der Waals surface area contributed by atoms with Crippen molar-refractivity contribution in [3.05, 3.63) is 36.5 Å². The third-order valence-electron chi connectivity index (χ3n) is 5.94. The van der Waals surface area contributed by atoms with Gasteiger partial charge in [-0.1, -0.05) is 24.4 Å². The van der Waals surface area contributed by atoms with Crippen molar-refractivity contribution in [2.75, 3.05) is 21.3 Å². The maximum absolute atomic E-state index is 12.9. The highest BCUT2D eigenvalue weighted by Gasteiger charge is 2.23. The first kappa shape index (κ1) is 21.0. The van der Waals surface area contributed by atoms with Gasteiger partial charge in [-0.25, -0.2) is 0 Å². The second-order valence-electron chi connectivity index (χ2n) is 7.81. The largest absolute Gasteiger partial charge is 0.493 e. The minimum atomic E-state index is 0.0870. The van der Waals surface area contributed by atoms with Gasteiger partial charge >= 0.3 is 0 Å². The van der Waals surface area contributed by atoms with Gasteiger partial charge in [-0.2, -0.15) is 4.98 Å². The summed E-state index contributed by atoms with van der Waals surface area (Å²) in [5, 5.41) is 4.11. The molecule has 1 aliphatic rings. The fourth-order valence-electron chi connectivity index (χ4n) is 4.10. The zero-order chi connectivity index (χ0) is 21.8. The van der Waals surface area contributed by atoms with E-state index in [2.05, 4.69) is 10.1 Å². The summed E-state index contributed by atoms with van der Waals surface area (Å²) in [5.41, 5.74) is 1.46. The number of carbonyl (C=O) groups is 1. The normalized spacial score (nSPS) is 14.4. The van der Waals surface area contributed by atoms with Gasteiger partial charge in [0.2, 0.25) is 11.7 Å². The molecule has 0 unspecified atom stereocenters. The molecule has 4 rings (SSSR count). The first-order chi connectivity index (χ1) is 15.1. The lowest BCUT2D eigenvalue weighted by Crippen LogP contribution is -2.40. The predicted molar refractivity (Wildman–Crippen MR) is 116 cm³/mol. The second-order valence-corrected chi connectivity index (χ2v) is 7.81. The summed E-state index contributed by atoms with van der Waals surface area (Å²) in [5.74, 6) is 2.11. The molecule has 1 amide bonds. The molecule has 1 aliphatic carbocycles. The highest BCUT2D eigenvalue weighted by molar-refractivity contribution is 5.77. The first-order valence-electron chi connectivity index (χ1n) is 10.6. The van der Waals surface area contributed by atoms with Gasteiger partial charge in [0.15, 0.2) is 11.5 Å². The highest BCUT2D eigenvalue weighted by Crippen LogP contribution is 2.32. The van der Waals surface area contributed by atoms with Crippen LogP contribution >= 0.6 is 0 Å². The fraction of sp³-hybridized carbons (Fsp3) is 0.435. The maximum atomic E-state index is 12.9. The van der Waals surface area contributed by atoms with Crippen LogP contribution in [0.5, 0.6) is 11.5 Å². The van der Waals surface area contributed by atoms with Crippen molar-refractivity contribution in [3.8, 4) is 34.5 Å². The summed E-state index contributed by atoms with van der Waals surface area (Å²) in [4.78, 5) is 19.3. The lowest BCUT2D eigenvalue weighted by molar-refractivity contribution is -0.133. The lowest BCUT2D eigenvalue weighted by atomic mass is 9.94. The number of likely N-dealkylation sites (N-methyl/N-ethyl adjacent to an activating group) is 1. The summed E-state index contributed by atoms with van der Waals surface area (Å²) >= 11 is 0. The molecule has 3 aromatic rings. The van der Waals surface area contributed by atoms with E-state index < -0.39 is 0 Å². The number of benzene rings is 1. The molecular weight excluding hydrogens is 396 g/mol. The Morgan fingerprint density at radius 1 is 1.16 bits per heavy atom. The van der Waals surface area contributed by atoms with Crippen LogP contribution in [0.4, 0.5) is 0 Å². The van der Waals surface area contributed by atoms with Gasteiger partial charge in [0.25, 0.3) is 5.89 Å². The van der Waals surface area contributed by atoms with Crippen LogP contribution in [0.2, 0.25) is 0 Å². The number of rotatable bonds is 7. The highest BCUT2D eigenvalue weighted by atomic mass is 16.5. The Morgan fingerprint density at radius 3 is 2.68 bits per heavy atom. The number of nitrogens with zero attached hydrogens (tertiary/aromatic N) is 4. The number of carbonyl (C=O) groups excluding carboxylic acids is 1. The number of aromatic nitrogens is 3. The average molecular weight is 425 g/mol. The Balaban J connectivity index is 1.52. The standard InChI is InChI=1S/C23H28N4O4/c1-26(17-8-5-4-6-9-17)21(28)15-27-13-7-10-18(27)23-24-22(25-31-23)16-11-12-19(29-2)20(14-16)30-3/h7,10-14,17H,4-6,8-9,15H2,1-3H3. The topological polar surface area (TPSA) is 82.6 Å². The molecule has 8 nitrogen and oxygen atoms in total. The molecule has 8 heteroatoms. The number of hydrogen-bond donors (Lipinski definition) is 0.